The zero-order chi connectivity index (χ0) is 10.5. The molecule has 1 unspecified atom stereocenters. The number of aliphatic hydroxyl groups is 1. The van der Waals surface area contributed by atoms with Crippen LogP contribution in [0.5, 0.6) is 5.75 Å². The highest BCUT2D eigenvalue weighted by Gasteiger charge is 2.43. The van der Waals surface area contributed by atoms with Crippen LogP contribution in [0.2, 0.25) is 0 Å². The first-order valence-electron chi connectivity index (χ1n) is 5.67. The van der Waals surface area contributed by atoms with Crippen LogP contribution >= 0.6 is 0 Å². The van der Waals surface area contributed by atoms with Gasteiger partial charge in [0.2, 0.25) is 0 Å². The van der Waals surface area contributed by atoms with Gasteiger partial charge < -0.3 is 9.84 Å². The maximum absolute atomic E-state index is 10.5. The van der Waals surface area contributed by atoms with Crippen molar-refractivity contribution in [2.75, 3.05) is 6.61 Å². The summed E-state index contributed by atoms with van der Waals surface area (Å²) in [5.74, 6) is 1.36. The fourth-order valence-corrected chi connectivity index (χ4v) is 2.48. The molecule has 0 amide bonds. The lowest BCUT2D eigenvalue weighted by molar-refractivity contribution is 0.0306. The largest absolute Gasteiger partial charge is 0.493 e. The lowest BCUT2D eigenvalue weighted by Crippen LogP contribution is -2.24. The first kappa shape index (κ1) is 9.22. The van der Waals surface area contributed by atoms with Crippen molar-refractivity contribution >= 4 is 0 Å². The van der Waals surface area contributed by atoms with E-state index >= 15 is 0 Å². The van der Waals surface area contributed by atoms with Crippen LogP contribution in [0.1, 0.15) is 30.9 Å². The van der Waals surface area contributed by atoms with Gasteiger partial charge in [-0.05, 0) is 31.2 Å². The number of hydrogen-bond acceptors (Lipinski definition) is 2. The van der Waals surface area contributed by atoms with Crippen LogP contribution in [-0.4, -0.2) is 11.7 Å². The molecule has 0 saturated heterocycles. The molecule has 1 aliphatic carbocycles. The van der Waals surface area contributed by atoms with E-state index < -0.39 is 5.60 Å². The van der Waals surface area contributed by atoms with Gasteiger partial charge >= 0.3 is 0 Å². The Balaban J connectivity index is 2.08. The molecule has 1 aromatic rings. The van der Waals surface area contributed by atoms with Gasteiger partial charge in [-0.1, -0.05) is 18.2 Å². The van der Waals surface area contributed by atoms with E-state index in [1.807, 2.05) is 19.1 Å². The highest BCUT2D eigenvalue weighted by Crippen LogP contribution is 2.49. The second-order valence-corrected chi connectivity index (χ2v) is 4.81. The Morgan fingerprint density at radius 1 is 1.40 bits per heavy atom. The molecule has 0 aromatic heterocycles. The van der Waals surface area contributed by atoms with Gasteiger partial charge in [0.05, 0.1) is 12.2 Å². The molecule has 1 saturated carbocycles. The molecule has 2 aliphatic rings. The van der Waals surface area contributed by atoms with Crippen molar-refractivity contribution < 1.29 is 9.84 Å². The number of fused-ring (bicyclic) bond motifs is 1. The molecular formula is C13H16O2. The van der Waals surface area contributed by atoms with E-state index in [0.717, 1.165) is 37.2 Å². The van der Waals surface area contributed by atoms with Gasteiger partial charge in [-0.25, -0.2) is 0 Å². The molecule has 2 nitrogen and oxygen atoms in total. The molecular weight excluding hydrogens is 188 g/mol. The van der Waals surface area contributed by atoms with Crippen LogP contribution in [-0.2, 0) is 12.0 Å². The maximum atomic E-state index is 10.5. The van der Waals surface area contributed by atoms with Crippen molar-refractivity contribution in [1.29, 1.82) is 0 Å². The summed E-state index contributed by atoms with van der Waals surface area (Å²) < 4.78 is 5.63. The van der Waals surface area contributed by atoms with Crippen molar-refractivity contribution in [3.8, 4) is 5.75 Å². The molecule has 1 aromatic carbocycles. The molecule has 1 N–H and O–H groups in total. The summed E-state index contributed by atoms with van der Waals surface area (Å²) in [6.45, 7) is 2.68. The Kier molecular flexibility index (Phi) is 1.84. The summed E-state index contributed by atoms with van der Waals surface area (Å²) in [6, 6.07) is 6.12. The second kappa shape index (κ2) is 2.99. The molecule has 1 aliphatic heterocycles. The number of hydrogen-bond donors (Lipinski definition) is 1. The van der Waals surface area contributed by atoms with Crippen LogP contribution < -0.4 is 4.74 Å². The molecule has 0 bridgehead atoms. The van der Waals surface area contributed by atoms with Crippen molar-refractivity contribution in [1.82, 2.24) is 0 Å². The highest BCUT2D eigenvalue weighted by atomic mass is 16.5. The average Bonchev–Trinajstić information content (AvgIpc) is 2.97. The van der Waals surface area contributed by atoms with Crippen LogP contribution in [0.3, 0.4) is 0 Å². The Morgan fingerprint density at radius 2 is 2.20 bits per heavy atom. The van der Waals surface area contributed by atoms with Crippen molar-refractivity contribution in [2.24, 2.45) is 5.92 Å². The molecule has 15 heavy (non-hydrogen) atoms. The average molecular weight is 204 g/mol. The Labute approximate surface area is 89.9 Å². The molecule has 1 atom stereocenters. The zero-order valence-electron chi connectivity index (χ0n) is 8.99. The second-order valence-electron chi connectivity index (χ2n) is 4.81. The topological polar surface area (TPSA) is 29.5 Å². The quantitative estimate of drug-likeness (QED) is 0.800. The SMILES string of the molecule is CC(O)(c1cccc2c1OCC2)C1CC1. The first-order valence-corrected chi connectivity index (χ1v) is 5.67. The summed E-state index contributed by atoms with van der Waals surface area (Å²) in [4.78, 5) is 0. The summed E-state index contributed by atoms with van der Waals surface area (Å²) in [6.07, 6.45) is 3.25. The third-order valence-electron chi connectivity index (χ3n) is 3.63. The Bertz CT molecular complexity index is 392. The van der Waals surface area contributed by atoms with Crippen molar-refractivity contribution in [2.45, 2.75) is 31.8 Å². The number of ether oxygens (including phenoxy) is 1. The van der Waals surface area contributed by atoms with Gasteiger partial charge in [0.1, 0.15) is 5.75 Å². The minimum atomic E-state index is -0.699. The minimum absolute atomic E-state index is 0.424. The molecule has 0 spiro atoms. The van der Waals surface area contributed by atoms with Gasteiger partial charge in [0, 0.05) is 12.0 Å². The minimum Gasteiger partial charge on any atom is -0.493 e. The zero-order valence-corrected chi connectivity index (χ0v) is 8.99. The van der Waals surface area contributed by atoms with Crippen molar-refractivity contribution in [3.63, 3.8) is 0 Å². The Hall–Kier alpha value is -1.02. The maximum Gasteiger partial charge on any atom is 0.128 e. The summed E-state index contributed by atoms with van der Waals surface area (Å²) in [5, 5.41) is 10.5. The van der Waals surface area contributed by atoms with Crippen LogP contribution in [0, 0.1) is 5.92 Å². The van der Waals surface area contributed by atoms with Crippen LogP contribution in [0.4, 0.5) is 0 Å². The summed E-state index contributed by atoms with van der Waals surface area (Å²) in [5.41, 5.74) is 1.53. The fourth-order valence-electron chi connectivity index (χ4n) is 2.48. The number of benzene rings is 1. The summed E-state index contributed by atoms with van der Waals surface area (Å²) >= 11 is 0. The molecule has 80 valence electrons. The first-order chi connectivity index (χ1) is 7.19. The van der Waals surface area contributed by atoms with Gasteiger partial charge in [-0.15, -0.1) is 0 Å². The molecule has 1 heterocycles. The lowest BCUT2D eigenvalue weighted by Gasteiger charge is -2.25. The molecule has 0 radical (unpaired) electrons. The van der Waals surface area contributed by atoms with Crippen molar-refractivity contribution in [3.05, 3.63) is 29.3 Å². The number of rotatable bonds is 2. The monoisotopic (exact) mass is 204 g/mol. The third kappa shape index (κ3) is 1.36. The van der Waals surface area contributed by atoms with E-state index in [1.54, 1.807) is 0 Å². The van der Waals surface area contributed by atoms with E-state index in [-0.39, 0.29) is 0 Å². The highest BCUT2D eigenvalue weighted by molar-refractivity contribution is 5.47. The Morgan fingerprint density at radius 3 is 2.93 bits per heavy atom. The molecule has 1 fully saturated rings. The van der Waals surface area contributed by atoms with Gasteiger partial charge in [-0.2, -0.15) is 0 Å². The summed E-state index contributed by atoms with van der Waals surface area (Å²) in [7, 11) is 0. The normalized spacial score (nSPS) is 23.1. The van der Waals surface area contributed by atoms with E-state index in [9.17, 15) is 5.11 Å². The van der Waals surface area contributed by atoms with Gasteiger partial charge in [-0.3, -0.25) is 0 Å². The van der Waals surface area contributed by atoms with Crippen LogP contribution in [0.25, 0.3) is 0 Å². The van der Waals surface area contributed by atoms with Gasteiger partial charge in [0.15, 0.2) is 0 Å². The number of para-hydroxylation sites is 1. The van der Waals surface area contributed by atoms with E-state index in [2.05, 4.69) is 6.07 Å². The predicted molar refractivity (Wildman–Crippen MR) is 57.9 cm³/mol. The van der Waals surface area contributed by atoms with E-state index in [0.29, 0.717) is 5.92 Å². The molecule has 3 rings (SSSR count). The van der Waals surface area contributed by atoms with E-state index in [4.69, 9.17) is 4.74 Å². The van der Waals surface area contributed by atoms with Crippen LogP contribution in [0.15, 0.2) is 18.2 Å². The molecule has 2 heteroatoms. The fraction of sp³-hybridized carbons (Fsp3) is 0.538. The third-order valence-corrected chi connectivity index (χ3v) is 3.63. The predicted octanol–water partition coefficient (Wildman–Crippen LogP) is 2.24. The van der Waals surface area contributed by atoms with Gasteiger partial charge in [0.25, 0.3) is 0 Å². The lowest BCUT2D eigenvalue weighted by atomic mass is 9.89. The van der Waals surface area contributed by atoms with E-state index in [1.165, 1.54) is 5.56 Å². The standard InChI is InChI=1S/C13H16O2/c1-13(14,10-5-6-10)11-4-2-3-9-7-8-15-12(9)11/h2-4,10,14H,5-8H2,1H3. The smallest absolute Gasteiger partial charge is 0.128 e.